The number of aliphatic hydroxyl groups is 1. The molecule has 2 heteroatoms. The molecule has 0 aromatic rings. The van der Waals surface area contributed by atoms with Crippen molar-refractivity contribution in [2.45, 2.75) is 25.8 Å². The Labute approximate surface area is 61.8 Å². The Hall–Kier alpha value is -0.0800. The molecule has 58 valence electrons. The van der Waals surface area contributed by atoms with Gasteiger partial charge in [-0.05, 0) is 24.7 Å². The molecule has 2 bridgehead atoms. The maximum absolute atomic E-state index is 8.93. The second-order valence-corrected chi connectivity index (χ2v) is 3.68. The third kappa shape index (κ3) is 0.722. The summed E-state index contributed by atoms with van der Waals surface area (Å²) in [5, 5.41) is 8.93. The van der Waals surface area contributed by atoms with E-state index in [1.165, 1.54) is 12.8 Å². The Balaban J connectivity index is 2.08. The van der Waals surface area contributed by atoms with Gasteiger partial charge in [-0.2, -0.15) is 0 Å². The van der Waals surface area contributed by atoms with E-state index in [0.717, 1.165) is 18.4 Å². The zero-order valence-corrected chi connectivity index (χ0v) is 6.45. The lowest BCUT2D eigenvalue weighted by atomic mass is 10.0. The highest BCUT2D eigenvalue weighted by Crippen LogP contribution is 2.41. The van der Waals surface area contributed by atoms with E-state index >= 15 is 0 Å². The van der Waals surface area contributed by atoms with Gasteiger partial charge in [0.05, 0.1) is 6.73 Å². The number of hydrogen-bond acceptors (Lipinski definition) is 2. The summed E-state index contributed by atoms with van der Waals surface area (Å²) in [6.45, 7) is 3.73. The van der Waals surface area contributed by atoms with Gasteiger partial charge in [0.15, 0.2) is 0 Å². The topological polar surface area (TPSA) is 23.5 Å². The van der Waals surface area contributed by atoms with Crippen LogP contribution >= 0.6 is 0 Å². The van der Waals surface area contributed by atoms with E-state index in [2.05, 4.69) is 11.8 Å². The summed E-state index contributed by atoms with van der Waals surface area (Å²) in [6, 6.07) is 0.704. The first-order valence-electron chi connectivity index (χ1n) is 4.18. The highest BCUT2D eigenvalue weighted by Gasteiger charge is 2.43. The molecule has 2 aliphatic rings. The fourth-order valence-electron chi connectivity index (χ4n) is 2.60. The lowest BCUT2D eigenvalue weighted by molar-refractivity contribution is 0.0762. The van der Waals surface area contributed by atoms with Crippen molar-refractivity contribution in [3.63, 3.8) is 0 Å². The van der Waals surface area contributed by atoms with Gasteiger partial charge < -0.3 is 5.11 Å². The van der Waals surface area contributed by atoms with E-state index in [4.69, 9.17) is 5.11 Å². The average Bonchev–Trinajstić information content (AvgIpc) is 2.46. The van der Waals surface area contributed by atoms with E-state index in [1.807, 2.05) is 0 Å². The van der Waals surface area contributed by atoms with E-state index in [1.54, 1.807) is 0 Å². The molecule has 1 saturated heterocycles. The summed E-state index contributed by atoms with van der Waals surface area (Å²) in [5.74, 6) is 1.73. The second kappa shape index (κ2) is 2.21. The van der Waals surface area contributed by atoms with Gasteiger partial charge in [-0.1, -0.05) is 6.92 Å². The third-order valence-electron chi connectivity index (χ3n) is 3.30. The predicted molar refractivity (Wildman–Crippen MR) is 39.5 cm³/mol. The number of fused-ring (bicyclic) bond motifs is 2. The van der Waals surface area contributed by atoms with Crippen molar-refractivity contribution in [1.29, 1.82) is 0 Å². The van der Waals surface area contributed by atoms with Crippen molar-refractivity contribution in [3.05, 3.63) is 0 Å². The summed E-state index contributed by atoms with van der Waals surface area (Å²) in [4.78, 5) is 2.21. The van der Waals surface area contributed by atoms with Crippen LogP contribution in [0.4, 0.5) is 0 Å². The molecule has 2 fully saturated rings. The summed E-state index contributed by atoms with van der Waals surface area (Å²) in [7, 11) is 0. The Morgan fingerprint density at radius 3 is 2.60 bits per heavy atom. The molecule has 0 spiro atoms. The number of aliphatic hydroxyl groups excluding tert-OH is 1. The molecule has 1 aliphatic heterocycles. The van der Waals surface area contributed by atoms with Gasteiger partial charge in [-0.15, -0.1) is 0 Å². The molecular weight excluding hydrogens is 126 g/mol. The van der Waals surface area contributed by atoms with Crippen molar-refractivity contribution in [2.75, 3.05) is 13.3 Å². The fourth-order valence-corrected chi connectivity index (χ4v) is 2.60. The largest absolute Gasteiger partial charge is 0.381 e. The minimum Gasteiger partial charge on any atom is -0.381 e. The number of piperidine rings is 1. The molecule has 0 amide bonds. The lowest BCUT2D eigenvalue weighted by Gasteiger charge is -2.24. The van der Waals surface area contributed by atoms with Gasteiger partial charge in [-0.3, -0.25) is 4.90 Å². The normalized spacial score (nSPS) is 46.8. The van der Waals surface area contributed by atoms with Gasteiger partial charge >= 0.3 is 0 Å². The molecule has 3 unspecified atom stereocenters. The first-order valence-corrected chi connectivity index (χ1v) is 4.18. The van der Waals surface area contributed by atoms with Crippen LogP contribution in [0.2, 0.25) is 0 Å². The first-order chi connectivity index (χ1) is 4.83. The Morgan fingerprint density at radius 2 is 2.30 bits per heavy atom. The lowest BCUT2D eigenvalue weighted by Crippen LogP contribution is -2.33. The Bertz CT molecular complexity index is 137. The predicted octanol–water partition coefficient (Wildman–Crippen LogP) is 0.667. The zero-order chi connectivity index (χ0) is 7.14. The molecule has 1 saturated carbocycles. The van der Waals surface area contributed by atoms with E-state index in [0.29, 0.717) is 6.04 Å². The van der Waals surface area contributed by atoms with Crippen LogP contribution in [0.3, 0.4) is 0 Å². The molecule has 2 nitrogen and oxygen atoms in total. The standard InChI is InChI=1S/C8H15NO/c1-6-7-2-3-8(6)9(4-7)5-10/h6-8,10H,2-5H2,1H3. The third-order valence-corrected chi connectivity index (χ3v) is 3.30. The fraction of sp³-hybridized carbons (Fsp3) is 1.00. The molecule has 1 N–H and O–H groups in total. The number of likely N-dealkylation sites (tertiary alicyclic amines) is 1. The maximum atomic E-state index is 8.93. The molecular formula is C8H15NO. The minimum atomic E-state index is 0.269. The van der Waals surface area contributed by atoms with E-state index in [9.17, 15) is 0 Å². The molecule has 10 heavy (non-hydrogen) atoms. The summed E-state index contributed by atoms with van der Waals surface area (Å²) < 4.78 is 0. The first kappa shape index (κ1) is 6.62. The summed E-state index contributed by atoms with van der Waals surface area (Å²) in [6.07, 6.45) is 2.70. The van der Waals surface area contributed by atoms with Crippen LogP contribution < -0.4 is 0 Å². The Kier molecular flexibility index (Phi) is 1.46. The van der Waals surface area contributed by atoms with E-state index in [-0.39, 0.29) is 6.73 Å². The SMILES string of the molecule is CC1C2CCC1N(CO)C2. The number of rotatable bonds is 1. The van der Waals surface area contributed by atoms with Crippen LogP contribution in [0.25, 0.3) is 0 Å². The van der Waals surface area contributed by atoms with Crippen molar-refractivity contribution < 1.29 is 5.11 Å². The van der Waals surface area contributed by atoms with Gasteiger partial charge in [0.2, 0.25) is 0 Å². The van der Waals surface area contributed by atoms with E-state index < -0.39 is 0 Å². The highest BCUT2D eigenvalue weighted by atomic mass is 16.3. The summed E-state index contributed by atoms with van der Waals surface area (Å²) in [5.41, 5.74) is 0. The molecule has 0 radical (unpaired) electrons. The maximum Gasteiger partial charge on any atom is 0.0959 e. The molecule has 0 aromatic carbocycles. The van der Waals surface area contributed by atoms with Gasteiger partial charge in [0.25, 0.3) is 0 Å². The quantitative estimate of drug-likeness (QED) is 0.580. The van der Waals surface area contributed by atoms with Crippen LogP contribution in [-0.2, 0) is 0 Å². The molecule has 0 aromatic heterocycles. The molecule has 1 heterocycles. The highest BCUT2D eigenvalue weighted by molar-refractivity contribution is 4.95. The molecule has 3 atom stereocenters. The molecule has 1 aliphatic carbocycles. The van der Waals surface area contributed by atoms with Gasteiger partial charge in [-0.25, -0.2) is 0 Å². The van der Waals surface area contributed by atoms with Crippen LogP contribution in [0, 0.1) is 11.8 Å². The van der Waals surface area contributed by atoms with Crippen molar-refractivity contribution in [3.8, 4) is 0 Å². The van der Waals surface area contributed by atoms with Crippen molar-refractivity contribution in [2.24, 2.45) is 11.8 Å². The monoisotopic (exact) mass is 141 g/mol. The van der Waals surface area contributed by atoms with Gasteiger partial charge in [0.1, 0.15) is 0 Å². The van der Waals surface area contributed by atoms with Crippen molar-refractivity contribution in [1.82, 2.24) is 4.90 Å². The Morgan fingerprint density at radius 1 is 1.50 bits per heavy atom. The van der Waals surface area contributed by atoms with Crippen LogP contribution in [0.15, 0.2) is 0 Å². The van der Waals surface area contributed by atoms with Gasteiger partial charge in [0, 0.05) is 12.6 Å². The summed E-state index contributed by atoms with van der Waals surface area (Å²) >= 11 is 0. The van der Waals surface area contributed by atoms with Crippen LogP contribution in [0.5, 0.6) is 0 Å². The minimum absolute atomic E-state index is 0.269. The zero-order valence-electron chi connectivity index (χ0n) is 6.45. The van der Waals surface area contributed by atoms with Crippen LogP contribution in [0.1, 0.15) is 19.8 Å². The smallest absolute Gasteiger partial charge is 0.0959 e. The molecule has 2 rings (SSSR count). The number of hydrogen-bond donors (Lipinski definition) is 1. The number of nitrogens with zero attached hydrogens (tertiary/aromatic N) is 1. The van der Waals surface area contributed by atoms with Crippen molar-refractivity contribution >= 4 is 0 Å². The van der Waals surface area contributed by atoms with Crippen LogP contribution in [-0.4, -0.2) is 29.3 Å². The average molecular weight is 141 g/mol. The second-order valence-electron chi connectivity index (χ2n) is 3.68.